The highest BCUT2D eigenvalue weighted by atomic mass is 16.7. The van der Waals surface area contributed by atoms with Gasteiger partial charge in [0.2, 0.25) is 0 Å². The van der Waals surface area contributed by atoms with E-state index >= 15 is 0 Å². The van der Waals surface area contributed by atoms with E-state index in [1.165, 1.54) is 6.08 Å². The Labute approximate surface area is 217 Å². The number of aliphatic hydroxyl groups is 3. The molecule has 0 bridgehead atoms. The molecule has 3 aliphatic heterocycles. The standard InChI is InChI=1S/2C6H10O2.C5H10O3.C3H8O2.C3H4O.2CH4.H2O/c2*1-2-6-7-4-3-5-8-6;6-4-5-7-2-1-3-8-5;4-2-1-3-5;1-2-3-4;;;/h2*2,6H,1,3-5H2;5-6H,1-4H2;4-5H,1-3H2;2-3H,1H2;2*1H4;1H2. The largest absolute Gasteiger partial charge is 0.412 e. The molecule has 5 N–H and O–H groups in total. The van der Waals surface area contributed by atoms with Crippen molar-refractivity contribution in [2.45, 2.75) is 59.4 Å². The van der Waals surface area contributed by atoms with E-state index in [2.05, 4.69) is 19.7 Å². The number of aldehydes is 1. The fraction of sp³-hybridized carbons (Fsp3) is 0.720. The monoisotopic (exact) mass is 528 g/mol. The molecule has 0 aromatic heterocycles. The Morgan fingerprint density at radius 3 is 1.11 bits per heavy atom. The predicted molar refractivity (Wildman–Crippen MR) is 141 cm³/mol. The number of ether oxygens (including phenoxy) is 6. The van der Waals surface area contributed by atoms with Crippen LogP contribution in [0.2, 0.25) is 0 Å². The lowest BCUT2D eigenvalue weighted by Gasteiger charge is -2.20. The molecule has 3 saturated heterocycles. The normalized spacial score (nSPS) is 17.2. The third-order valence-electron chi connectivity index (χ3n) is 3.55. The van der Waals surface area contributed by atoms with Crippen LogP contribution in [0.25, 0.3) is 0 Å². The first-order valence-corrected chi connectivity index (χ1v) is 11.0. The molecule has 0 aromatic carbocycles. The number of rotatable bonds is 6. The molecule has 3 heterocycles. The van der Waals surface area contributed by atoms with Gasteiger partial charge in [-0.1, -0.05) is 34.6 Å². The lowest BCUT2D eigenvalue weighted by Crippen LogP contribution is -2.27. The van der Waals surface area contributed by atoms with Gasteiger partial charge in [0.1, 0.15) is 6.29 Å². The summed E-state index contributed by atoms with van der Waals surface area (Å²) in [5, 5.41) is 24.3. The van der Waals surface area contributed by atoms with E-state index in [-0.39, 0.29) is 59.0 Å². The summed E-state index contributed by atoms with van der Waals surface area (Å²) < 4.78 is 30.3. The van der Waals surface area contributed by atoms with E-state index in [0.717, 1.165) is 45.7 Å². The summed E-state index contributed by atoms with van der Waals surface area (Å²) in [6.07, 6.45) is 7.96. The van der Waals surface area contributed by atoms with Crippen LogP contribution in [-0.2, 0) is 33.2 Å². The Morgan fingerprint density at radius 2 is 0.972 bits per heavy atom. The number of allylic oxidation sites excluding steroid dienone is 1. The molecule has 36 heavy (non-hydrogen) atoms. The van der Waals surface area contributed by atoms with Gasteiger partial charge < -0.3 is 49.2 Å². The summed E-state index contributed by atoms with van der Waals surface area (Å²) in [5.74, 6) is 0. The van der Waals surface area contributed by atoms with Crippen LogP contribution in [0, 0.1) is 0 Å². The van der Waals surface area contributed by atoms with Gasteiger partial charge in [0.05, 0.1) is 46.2 Å². The van der Waals surface area contributed by atoms with Crippen LogP contribution in [-0.4, -0.2) is 105 Å². The predicted octanol–water partition coefficient (Wildman–Crippen LogP) is 1.79. The first-order chi connectivity index (χ1) is 16.1. The van der Waals surface area contributed by atoms with Crippen LogP contribution in [0.1, 0.15) is 40.5 Å². The molecular formula is C25H52O11. The van der Waals surface area contributed by atoms with Gasteiger partial charge >= 0.3 is 0 Å². The van der Waals surface area contributed by atoms with E-state index in [1.54, 1.807) is 12.2 Å². The van der Waals surface area contributed by atoms with Gasteiger partial charge in [0, 0.05) is 13.2 Å². The van der Waals surface area contributed by atoms with E-state index in [1.807, 2.05) is 0 Å². The maximum atomic E-state index is 9.06. The van der Waals surface area contributed by atoms with Crippen LogP contribution in [0.5, 0.6) is 0 Å². The Morgan fingerprint density at radius 1 is 0.667 bits per heavy atom. The zero-order valence-corrected chi connectivity index (χ0v) is 20.1. The molecule has 0 aliphatic carbocycles. The summed E-state index contributed by atoms with van der Waals surface area (Å²) >= 11 is 0. The molecule has 0 saturated carbocycles. The van der Waals surface area contributed by atoms with E-state index in [9.17, 15) is 0 Å². The molecule has 3 fully saturated rings. The lowest BCUT2D eigenvalue weighted by molar-refractivity contribution is -0.194. The highest BCUT2D eigenvalue weighted by Crippen LogP contribution is 2.04. The van der Waals surface area contributed by atoms with Gasteiger partial charge in [0.15, 0.2) is 18.9 Å². The molecular weight excluding hydrogens is 476 g/mol. The number of hydrogen-bond acceptors (Lipinski definition) is 10. The van der Waals surface area contributed by atoms with Crippen molar-refractivity contribution in [1.82, 2.24) is 0 Å². The Hall–Kier alpha value is -1.51. The molecule has 3 rings (SSSR count). The highest BCUT2D eigenvalue weighted by molar-refractivity contribution is 5.63. The zero-order valence-electron chi connectivity index (χ0n) is 20.1. The maximum absolute atomic E-state index is 9.06. The van der Waals surface area contributed by atoms with Gasteiger partial charge in [-0.3, -0.25) is 4.79 Å². The van der Waals surface area contributed by atoms with E-state index < -0.39 is 0 Å². The van der Waals surface area contributed by atoms with Crippen LogP contribution in [0.3, 0.4) is 0 Å². The van der Waals surface area contributed by atoms with Gasteiger partial charge in [-0.15, -0.1) is 0 Å². The molecule has 218 valence electrons. The fourth-order valence-electron chi connectivity index (χ4n) is 2.00. The minimum absolute atomic E-state index is 0. The van der Waals surface area contributed by atoms with Crippen LogP contribution in [0.15, 0.2) is 38.0 Å². The molecule has 0 aromatic rings. The van der Waals surface area contributed by atoms with Crippen molar-refractivity contribution in [3.05, 3.63) is 38.0 Å². The minimum atomic E-state index is -0.358. The number of hydrogen-bond donors (Lipinski definition) is 3. The summed E-state index contributed by atoms with van der Waals surface area (Å²) in [4.78, 5) is 9.06. The lowest BCUT2D eigenvalue weighted by atomic mass is 10.4. The minimum Gasteiger partial charge on any atom is -0.412 e. The topological polar surface area (TPSA) is 165 Å². The van der Waals surface area contributed by atoms with Gasteiger partial charge in [-0.25, -0.2) is 0 Å². The average molecular weight is 529 g/mol. The van der Waals surface area contributed by atoms with Crippen molar-refractivity contribution in [1.29, 1.82) is 0 Å². The quantitative estimate of drug-likeness (QED) is 0.263. The number of carbonyl (C=O) groups is 1. The molecule has 11 heteroatoms. The summed E-state index contributed by atoms with van der Waals surface area (Å²) in [5.41, 5.74) is 0. The summed E-state index contributed by atoms with van der Waals surface area (Å²) in [6.45, 7) is 15.0. The molecule has 11 nitrogen and oxygen atoms in total. The molecule has 0 radical (unpaired) electrons. The van der Waals surface area contributed by atoms with Crippen molar-refractivity contribution in [3.8, 4) is 0 Å². The van der Waals surface area contributed by atoms with Crippen molar-refractivity contribution < 1.29 is 54.0 Å². The van der Waals surface area contributed by atoms with Crippen LogP contribution >= 0.6 is 0 Å². The number of carbonyl (C=O) groups excluding carboxylic acids is 1. The van der Waals surface area contributed by atoms with E-state index in [0.29, 0.717) is 25.9 Å². The Bertz CT molecular complexity index is 402. The number of aliphatic hydroxyl groups excluding tert-OH is 3. The van der Waals surface area contributed by atoms with Crippen LogP contribution < -0.4 is 0 Å². The first-order valence-electron chi connectivity index (χ1n) is 11.0. The van der Waals surface area contributed by atoms with Crippen molar-refractivity contribution in [3.63, 3.8) is 0 Å². The highest BCUT2D eigenvalue weighted by Gasteiger charge is 2.11. The SMILES string of the molecule is C.C.C=CC1OCCCO1.C=CC1OCCCO1.C=CC=O.O.OCC1OCCCO1.OCCCO. The molecule has 0 unspecified atom stereocenters. The third kappa shape index (κ3) is 32.5. The third-order valence-corrected chi connectivity index (χ3v) is 3.55. The summed E-state index contributed by atoms with van der Waals surface area (Å²) in [6, 6.07) is 0. The van der Waals surface area contributed by atoms with Crippen LogP contribution in [0.4, 0.5) is 0 Å². The van der Waals surface area contributed by atoms with Gasteiger partial charge in [0.25, 0.3) is 0 Å². The van der Waals surface area contributed by atoms with Crippen molar-refractivity contribution in [2.24, 2.45) is 0 Å². The fourth-order valence-corrected chi connectivity index (χ4v) is 2.00. The molecule has 0 atom stereocenters. The Balaban J connectivity index is -0.000000112. The first kappa shape index (κ1) is 44.5. The maximum Gasteiger partial charge on any atom is 0.180 e. The second-order valence-electron chi connectivity index (χ2n) is 6.28. The smallest absolute Gasteiger partial charge is 0.180 e. The zero-order chi connectivity index (χ0) is 25.0. The molecule has 0 spiro atoms. The Kier molecular flexibility index (Phi) is 47.0. The van der Waals surface area contributed by atoms with E-state index in [4.69, 9.17) is 48.5 Å². The molecule has 3 aliphatic rings. The van der Waals surface area contributed by atoms with Crippen molar-refractivity contribution in [2.75, 3.05) is 59.5 Å². The molecule has 0 amide bonds. The summed E-state index contributed by atoms with van der Waals surface area (Å²) in [7, 11) is 0. The van der Waals surface area contributed by atoms with Crippen molar-refractivity contribution >= 4 is 6.29 Å². The second kappa shape index (κ2) is 38.0. The van der Waals surface area contributed by atoms with Gasteiger partial charge in [-0.2, -0.15) is 0 Å². The van der Waals surface area contributed by atoms with Gasteiger partial charge in [-0.05, 0) is 43.9 Å². The average Bonchev–Trinajstić information content (AvgIpc) is 2.91. The second-order valence-corrected chi connectivity index (χ2v) is 6.28.